The van der Waals surface area contributed by atoms with Gasteiger partial charge >= 0.3 is 0 Å². The topological polar surface area (TPSA) is 60.4 Å². The molecule has 0 heterocycles. The molecule has 0 saturated heterocycles. The zero-order valence-electron chi connectivity index (χ0n) is 8.96. The van der Waals surface area contributed by atoms with Crippen molar-refractivity contribution in [3.05, 3.63) is 0 Å². The molecule has 1 aliphatic carbocycles. The molecule has 0 aromatic carbocycles. The van der Waals surface area contributed by atoms with E-state index >= 15 is 0 Å². The van der Waals surface area contributed by atoms with Crippen LogP contribution in [0.4, 0.5) is 0 Å². The molecule has 1 atom stereocenters. The van der Waals surface area contributed by atoms with E-state index in [1.54, 1.807) is 6.92 Å². The third kappa shape index (κ3) is 2.15. The average molecular weight is 220 g/mol. The molecule has 0 spiro atoms. The summed E-state index contributed by atoms with van der Waals surface area (Å²) in [5, 5.41) is 0. The summed E-state index contributed by atoms with van der Waals surface area (Å²) < 4.78 is 26.8. The van der Waals surface area contributed by atoms with Crippen LogP contribution in [0.5, 0.6) is 0 Å². The minimum Gasteiger partial charge on any atom is -0.296 e. The van der Waals surface area contributed by atoms with Crippen LogP contribution in [0, 0.1) is 5.41 Å². The summed E-state index contributed by atoms with van der Waals surface area (Å²) in [5.41, 5.74) is -1.63. The number of Topliss-reactive ketones (excluding diaryl/α,β-unsaturated/α-hetero) is 1. The lowest BCUT2D eigenvalue weighted by Gasteiger charge is -2.23. The number of ketones is 1. The van der Waals surface area contributed by atoms with E-state index in [4.69, 9.17) is 4.18 Å². The molecule has 5 heteroatoms. The van der Waals surface area contributed by atoms with Crippen LogP contribution < -0.4 is 0 Å². The molecule has 0 aromatic rings. The predicted molar refractivity (Wildman–Crippen MR) is 52.4 cm³/mol. The number of rotatable bonds is 2. The fourth-order valence-corrected chi connectivity index (χ4v) is 2.73. The van der Waals surface area contributed by atoms with E-state index < -0.39 is 21.1 Å². The summed E-state index contributed by atoms with van der Waals surface area (Å²) in [6, 6.07) is 0. The van der Waals surface area contributed by atoms with Gasteiger partial charge in [-0.05, 0) is 19.8 Å². The Balaban J connectivity index is 2.95. The third-order valence-corrected chi connectivity index (χ3v) is 3.33. The van der Waals surface area contributed by atoms with E-state index in [1.807, 2.05) is 13.8 Å². The van der Waals surface area contributed by atoms with E-state index in [9.17, 15) is 13.2 Å². The highest BCUT2D eigenvalue weighted by atomic mass is 32.2. The summed E-state index contributed by atoms with van der Waals surface area (Å²) in [7, 11) is -3.57. The number of hydrogen-bond donors (Lipinski definition) is 0. The van der Waals surface area contributed by atoms with Crippen molar-refractivity contribution in [2.45, 2.75) is 39.2 Å². The van der Waals surface area contributed by atoms with E-state index in [0.717, 1.165) is 6.26 Å². The van der Waals surface area contributed by atoms with E-state index in [2.05, 4.69) is 0 Å². The molecule has 1 fully saturated rings. The Morgan fingerprint density at radius 1 is 1.21 bits per heavy atom. The average Bonchev–Trinajstić information content (AvgIpc) is 2.12. The third-order valence-electron chi connectivity index (χ3n) is 2.66. The number of hydrogen-bond acceptors (Lipinski definition) is 4. The van der Waals surface area contributed by atoms with Gasteiger partial charge in [0.2, 0.25) is 0 Å². The van der Waals surface area contributed by atoms with Crippen LogP contribution in [0.1, 0.15) is 33.6 Å². The van der Waals surface area contributed by atoms with Crippen molar-refractivity contribution < 1.29 is 17.4 Å². The highest BCUT2D eigenvalue weighted by Crippen LogP contribution is 2.42. The van der Waals surface area contributed by atoms with Gasteiger partial charge < -0.3 is 0 Å². The van der Waals surface area contributed by atoms with Crippen LogP contribution in [-0.2, 0) is 19.1 Å². The highest BCUT2D eigenvalue weighted by molar-refractivity contribution is 7.86. The molecule has 14 heavy (non-hydrogen) atoms. The number of carbonyl (C=O) groups is 1. The second-order valence-corrected chi connectivity index (χ2v) is 6.31. The molecule has 1 rings (SSSR count). The van der Waals surface area contributed by atoms with E-state index in [0.29, 0.717) is 12.8 Å². The normalized spacial score (nSPS) is 32.1. The van der Waals surface area contributed by atoms with Gasteiger partial charge in [0.1, 0.15) is 5.60 Å². The fraction of sp³-hybridized carbons (Fsp3) is 0.889. The van der Waals surface area contributed by atoms with Crippen LogP contribution in [0.25, 0.3) is 0 Å². The zero-order chi connectivity index (χ0) is 11.2. The fourth-order valence-electron chi connectivity index (χ4n) is 1.91. The summed E-state index contributed by atoms with van der Waals surface area (Å²) in [5.74, 6) is -0.129. The first kappa shape index (κ1) is 11.7. The van der Waals surface area contributed by atoms with E-state index in [1.165, 1.54) is 0 Å². The smallest absolute Gasteiger partial charge is 0.265 e. The Labute approximate surface area is 84.8 Å². The Kier molecular flexibility index (Phi) is 2.53. The van der Waals surface area contributed by atoms with Gasteiger partial charge in [0.05, 0.1) is 6.26 Å². The standard InChI is InChI=1S/C9H16O4S/c1-8(2)5-6-9(3,7(8)10)13-14(4,11)12/h5-6H2,1-4H3. The molecule has 0 bridgehead atoms. The van der Waals surface area contributed by atoms with Gasteiger partial charge in [-0.2, -0.15) is 8.42 Å². The van der Waals surface area contributed by atoms with Crippen LogP contribution in [0.15, 0.2) is 0 Å². The van der Waals surface area contributed by atoms with Gasteiger partial charge in [-0.25, -0.2) is 0 Å². The molecule has 0 amide bonds. The first-order valence-corrected chi connectivity index (χ1v) is 6.34. The molecule has 1 aliphatic rings. The zero-order valence-corrected chi connectivity index (χ0v) is 9.77. The van der Waals surface area contributed by atoms with Gasteiger partial charge in [-0.15, -0.1) is 0 Å². The van der Waals surface area contributed by atoms with Crippen LogP contribution in [0.2, 0.25) is 0 Å². The summed E-state index contributed by atoms with van der Waals surface area (Å²) >= 11 is 0. The van der Waals surface area contributed by atoms with Crippen molar-refractivity contribution in [2.75, 3.05) is 6.26 Å². The molecule has 0 N–H and O–H groups in total. The van der Waals surface area contributed by atoms with Gasteiger partial charge in [-0.3, -0.25) is 8.98 Å². The first-order chi connectivity index (χ1) is 6.07. The van der Waals surface area contributed by atoms with Gasteiger partial charge in [-0.1, -0.05) is 13.8 Å². The molecular formula is C9H16O4S. The van der Waals surface area contributed by atoms with Crippen molar-refractivity contribution in [1.29, 1.82) is 0 Å². The van der Waals surface area contributed by atoms with Crippen molar-refractivity contribution in [2.24, 2.45) is 5.41 Å². The van der Waals surface area contributed by atoms with Crippen molar-refractivity contribution >= 4 is 15.9 Å². The minimum atomic E-state index is -3.57. The molecule has 82 valence electrons. The van der Waals surface area contributed by atoms with Crippen LogP contribution in [0.3, 0.4) is 0 Å². The molecule has 0 radical (unpaired) electrons. The Bertz CT molecular complexity index is 355. The maximum Gasteiger partial charge on any atom is 0.265 e. The maximum absolute atomic E-state index is 11.8. The van der Waals surface area contributed by atoms with E-state index in [-0.39, 0.29) is 5.78 Å². The van der Waals surface area contributed by atoms with Gasteiger partial charge in [0, 0.05) is 5.41 Å². The summed E-state index contributed by atoms with van der Waals surface area (Å²) in [6.07, 6.45) is 2.10. The van der Waals surface area contributed by atoms with Crippen LogP contribution in [-0.4, -0.2) is 26.1 Å². The minimum absolute atomic E-state index is 0.129. The largest absolute Gasteiger partial charge is 0.296 e. The predicted octanol–water partition coefficient (Wildman–Crippen LogP) is 1.11. The number of carbonyl (C=O) groups excluding carboxylic acids is 1. The van der Waals surface area contributed by atoms with Crippen LogP contribution >= 0.6 is 0 Å². The molecule has 1 saturated carbocycles. The van der Waals surface area contributed by atoms with Gasteiger partial charge in [0.25, 0.3) is 10.1 Å². The van der Waals surface area contributed by atoms with Crippen molar-refractivity contribution in [1.82, 2.24) is 0 Å². The molecule has 1 unspecified atom stereocenters. The lowest BCUT2D eigenvalue weighted by atomic mass is 9.88. The first-order valence-electron chi connectivity index (χ1n) is 4.52. The second kappa shape index (κ2) is 3.03. The molecule has 0 aliphatic heterocycles. The van der Waals surface area contributed by atoms with Crippen molar-refractivity contribution in [3.63, 3.8) is 0 Å². The SMILES string of the molecule is CC1(C)CCC(C)(OS(C)(=O)=O)C1=O. The quantitative estimate of drug-likeness (QED) is 0.654. The Hall–Kier alpha value is -0.420. The Morgan fingerprint density at radius 3 is 2.00 bits per heavy atom. The second-order valence-electron chi connectivity index (χ2n) is 4.73. The summed E-state index contributed by atoms with van der Waals surface area (Å²) in [4.78, 5) is 11.8. The summed E-state index contributed by atoms with van der Waals surface area (Å²) in [6.45, 7) is 5.17. The van der Waals surface area contributed by atoms with Gasteiger partial charge in [0.15, 0.2) is 5.78 Å². The molecule has 4 nitrogen and oxygen atoms in total. The Morgan fingerprint density at radius 2 is 1.71 bits per heavy atom. The monoisotopic (exact) mass is 220 g/mol. The lowest BCUT2D eigenvalue weighted by Crippen LogP contribution is -2.39. The highest BCUT2D eigenvalue weighted by Gasteiger charge is 2.51. The molecular weight excluding hydrogens is 204 g/mol. The molecule has 0 aromatic heterocycles. The maximum atomic E-state index is 11.8. The lowest BCUT2D eigenvalue weighted by molar-refractivity contribution is -0.135. The van der Waals surface area contributed by atoms with Crippen molar-refractivity contribution in [3.8, 4) is 0 Å².